The Kier molecular flexibility index (Phi) is 6.11. The highest BCUT2D eigenvalue weighted by Gasteiger charge is 2.58. The fraction of sp³-hybridized carbons (Fsp3) is 0.528. The van der Waals surface area contributed by atoms with E-state index in [1.54, 1.807) is 18.6 Å². The molecule has 4 aromatic heterocycles. The van der Waals surface area contributed by atoms with E-state index in [1.165, 1.54) is 0 Å². The third-order valence-corrected chi connectivity index (χ3v) is 12.1. The molecule has 12 heteroatoms. The molecule has 5 aromatic rings. The number of anilines is 1. The molecule has 0 radical (unpaired) electrons. The third-order valence-electron chi connectivity index (χ3n) is 12.1. The van der Waals surface area contributed by atoms with Gasteiger partial charge in [0.1, 0.15) is 35.0 Å². The van der Waals surface area contributed by atoms with Crippen molar-refractivity contribution in [3.05, 3.63) is 53.3 Å². The number of aryl methyl sites for hydroxylation is 2. The van der Waals surface area contributed by atoms with Gasteiger partial charge < -0.3 is 19.2 Å². The summed E-state index contributed by atoms with van der Waals surface area (Å²) in [4.78, 5) is 24.0. The first-order chi connectivity index (χ1) is 23.3. The van der Waals surface area contributed by atoms with Crippen LogP contribution in [0.1, 0.15) is 74.1 Å². The lowest BCUT2D eigenvalue weighted by Gasteiger charge is -2.56. The Hall–Kier alpha value is -4.16. The van der Waals surface area contributed by atoms with E-state index in [9.17, 15) is 5.11 Å². The van der Waals surface area contributed by atoms with E-state index < -0.39 is 11.4 Å². The summed E-state index contributed by atoms with van der Waals surface area (Å²) in [5, 5.41) is 20.4. The van der Waals surface area contributed by atoms with Crippen LogP contribution in [-0.2, 0) is 18.4 Å². The molecule has 1 spiro atoms. The van der Waals surface area contributed by atoms with Gasteiger partial charge in [-0.1, -0.05) is 0 Å². The van der Waals surface area contributed by atoms with Crippen molar-refractivity contribution in [2.24, 2.45) is 5.41 Å². The van der Waals surface area contributed by atoms with Gasteiger partial charge in [-0.2, -0.15) is 15.1 Å². The Morgan fingerprint density at radius 3 is 2.69 bits per heavy atom. The molecular formula is C36H39FN8O3. The van der Waals surface area contributed by atoms with Crippen molar-refractivity contribution in [2.75, 3.05) is 37.7 Å². The Bertz CT molecular complexity index is 2090. The highest BCUT2D eigenvalue weighted by Crippen LogP contribution is 2.58. The number of benzene rings is 1. The van der Waals surface area contributed by atoms with Crippen molar-refractivity contribution in [3.63, 3.8) is 0 Å². The number of halogens is 1. The third kappa shape index (κ3) is 4.20. The molecule has 11 nitrogen and oxygen atoms in total. The lowest BCUT2D eigenvalue weighted by molar-refractivity contribution is -0.154. The first-order valence-electron chi connectivity index (χ1n) is 17.4. The maximum Gasteiger partial charge on any atom is 0.319 e. The highest BCUT2D eigenvalue weighted by molar-refractivity contribution is 5.99. The quantitative estimate of drug-likeness (QED) is 0.263. The molecule has 6 aliphatic heterocycles. The van der Waals surface area contributed by atoms with Crippen molar-refractivity contribution in [2.45, 2.75) is 82.3 Å². The number of hydrogen-bond acceptors (Lipinski definition) is 10. The number of aromatic nitrogens is 6. The molecule has 1 aromatic carbocycles. The van der Waals surface area contributed by atoms with Crippen molar-refractivity contribution in [3.8, 4) is 17.3 Å². The SMILES string of the molecule is Cc1cc2[nH]ncc2c2c1CCc1cnc(o1)C1(O)CC3(CCCN(C3)c3nc(OCC45CCCN4CCC5)nc4c(F)c-2ncc34)C1. The van der Waals surface area contributed by atoms with Gasteiger partial charge in [0.2, 0.25) is 5.89 Å². The first-order valence-corrected chi connectivity index (χ1v) is 17.4. The van der Waals surface area contributed by atoms with E-state index >= 15 is 4.39 Å². The number of rotatable bonds is 3. The van der Waals surface area contributed by atoms with Gasteiger partial charge in [0.05, 0.1) is 28.8 Å². The maximum absolute atomic E-state index is 17.3. The minimum absolute atomic E-state index is 0.00123. The molecule has 48 heavy (non-hydrogen) atoms. The number of fused-ring (bicyclic) bond motifs is 2. The molecule has 2 N–H and O–H groups in total. The van der Waals surface area contributed by atoms with Crippen LogP contribution in [0.5, 0.6) is 6.01 Å². The zero-order valence-electron chi connectivity index (χ0n) is 27.2. The van der Waals surface area contributed by atoms with Gasteiger partial charge in [-0.05, 0) is 100 Å². The minimum Gasteiger partial charge on any atom is -0.461 e. The molecule has 1 aliphatic carbocycles. The van der Waals surface area contributed by atoms with Crippen LogP contribution in [0, 0.1) is 18.2 Å². The lowest BCUT2D eigenvalue weighted by atomic mass is 9.56. The summed E-state index contributed by atoms with van der Waals surface area (Å²) in [6, 6.07) is 2.24. The average molecular weight is 651 g/mol. The number of ether oxygens (including phenoxy) is 1. The number of oxazole rings is 1. The van der Waals surface area contributed by atoms with E-state index in [-0.39, 0.29) is 28.2 Å². The number of hydrogen-bond donors (Lipinski definition) is 2. The van der Waals surface area contributed by atoms with Crippen LogP contribution in [0.15, 0.2) is 29.1 Å². The van der Waals surface area contributed by atoms with Gasteiger partial charge in [-0.25, -0.2) is 9.37 Å². The monoisotopic (exact) mass is 650 g/mol. The maximum atomic E-state index is 17.3. The van der Waals surface area contributed by atoms with Crippen LogP contribution < -0.4 is 9.64 Å². The van der Waals surface area contributed by atoms with E-state index in [2.05, 4.69) is 25.0 Å². The van der Waals surface area contributed by atoms with Gasteiger partial charge in [-0.15, -0.1) is 0 Å². The fourth-order valence-electron chi connectivity index (χ4n) is 9.93. The second kappa shape index (κ2) is 10.2. The molecule has 0 amide bonds. The number of H-pyrrole nitrogens is 1. The van der Waals surface area contributed by atoms with Gasteiger partial charge in [0, 0.05) is 36.7 Å². The van der Waals surface area contributed by atoms with Crippen LogP contribution in [-0.4, -0.2) is 78.5 Å². The van der Waals surface area contributed by atoms with Crippen molar-refractivity contribution >= 4 is 27.6 Å². The second-order valence-electron chi connectivity index (χ2n) is 15.1. The van der Waals surface area contributed by atoms with Gasteiger partial charge >= 0.3 is 6.01 Å². The summed E-state index contributed by atoms with van der Waals surface area (Å²) in [5.74, 6) is 1.22. The number of nitrogens with zero attached hydrogens (tertiary/aromatic N) is 7. The van der Waals surface area contributed by atoms with Gasteiger partial charge in [-0.3, -0.25) is 15.0 Å². The Labute approximate surface area is 276 Å². The average Bonchev–Trinajstić information content (AvgIpc) is 3.87. The fourth-order valence-corrected chi connectivity index (χ4v) is 9.93. The Morgan fingerprint density at radius 2 is 1.83 bits per heavy atom. The molecule has 12 rings (SSSR count). The number of nitrogens with one attached hydrogen (secondary N) is 1. The van der Waals surface area contributed by atoms with Crippen LogP contribution in [0.4, 0.5) is 10.2 Å². The van der Waals surface area contributed by atoms with E-state index in [1.807, 2.05) is 13.0 Å². The van der Waals surface area contributed by atoms with Gasteiger partial charge in [0.15, 0.2) is 5.82 Å². The number of aliphatic hydroxyl groups is 1. The minimum atomic E-state index is -1.11. The van der Waals surface area contributed by atoms with Crippen LogP contribution >= 0.6 is 0 Å². The topological polar surface area (TPSA) is 129 Å². The molecule has 0 atom stereocenters. The molecule has 3 saturated heterocycles. The zero-order chi connectivity index (χ0) is 32.3. The first kappa shape index (κ1) is 28.8. The molecular weight excluding hydrogens is 611 g/mol. The van der Waals surface area contributed by atoms with Gasteiger partial charge in [0.25, 0.3) is 0 Å². The Balaban J connectivity index is 1.16. The van der Waals surface area contributed by atoms with Crippen LogP contribution in [0.2, 0.25) is 0 Å². The normalized spacial score (nSPS) is 26.2. The predicted molar refractivity (Wildman–Crippen MR) is 176 cm³/mol. The molecule has 4 fully saturated rings. The summed E-state index contributed by atoms with van der Waals surface area (Å²) in [6.45, 7) is 6.13. The standard InChI is InChI=1S/C36H39FN8O3/c1-21-13-26-24(16-40-43-26)27-23(21)6-5-22-14-39-32(48-22)36(46)17-34(18-36)7-2-10-44(19-34)31-25-15-38-30(27)28(37)29(25)41-33(42-31)47-20-35-8-3-11-45(35)12-4-9-35/h13-16,46H,2-12,17-20H2,1H3,(H,40,43). The summed E-state index contributed by atoms with van der Waals surface area (Å²) in [6.07, 6.45) is 13.8. The molecule has 248 valence electrons. The van der Waals surface area contributed by atoms with Crippen molar-refractivity contribution < 1.29 is 18.7 Å². The largest absolute Gasteiger partial charge is 0.461 e. The molecule has 9 bridgehead atoms. The Morgan fingerprint density at radius 1 is 1.00 bits per heavy atom. The number of piperidine rings is 1. The number of pyridine rings is 1. The summed E-state index contributed by atoms with van der Waals surface area (Å²) in [7, 11) is 0. The van der Waals surface area contributed by atoms with E-state index in [0.29, 0.717) is 67.3 Å². The summed E-state index contributed by atoms with van der Waals surface area (Å²) >= 11 is 0. The number of aromatic amines is 1. The molecule has 10 heterocycles. The zero-order valence-corrected chi connectivity index (χ0v) is 27.2. The smallest absolute Gasteiger partial charge is 0.319 e. The second-order valence-corrected chi connectivity index (χ2v) is 15.1. The molecule has 1 saturated carbocycles. The van der Waals surface area contributed by atoms with E-state index in [0.717, 1.165) is 80.2 Å². The summed E-state index contributed by atoms with van der Waals surface area (Å²) in [5.41, 5.74) is 2.64. The molecule has 0 unspecified atom stereocenters. The van der Waals surface area contributed by atoms with Crippen LogP contribution in [0.25, 0.3) is 33.1 Å². The lowest BCUT2D eigenvalue weighted by Crippen LogP contribution is -2.57. The van der Waals surface area contributed by atoms with Crippen LogP contribution in [0.3, 0.4) is 0 Å². The summed E-state index contributed by atoms with van der Waals surface area (Å²) < 4.78 is 30.0. The van der Waals surface area contributed by atoms with Crippen molar-refractivity contribution in [1.29, 1.82) is 0 Å². The highest BCUT2D eigenvalue weighted by atomic mass is 19.1. The van der Waals surface area contributed by atoms with E-state index in [4.69, 9.17) is 24.1 Å². The van der Waals surface area contributed by atoms with Crippen molar-refractivity contribution in [1.82, 2.24) is 35.0 Å². The molecule has 7 aliphatic rings. The predicted octanol–water partition coefficient (Wildman–Crippen LogP) is 5.38.